The molecule has 0 saturated carbocycles. The number of hydrogen-bond acceptors (Lipinski definition) is 3. The Morgan fingerprint density at radius 1 is 0.923 bits per heavy atom. The maximum absolute atomic E-state index is 12.3. The molecule has 7 heteroatoms. The number of rotatable bonds is 6. The van der Waals surface area contributed by atoms with Crippen LogP contribution in [0.3, 0.4) is 0 Å². The molecule has 0 aromatic heterocycles. The maximum atomic E-state index is 12.3. The van der Waals surface area contributed by atoms with Crippen LogP contribution in [0.25, 0.3) is 0 Å². The van der Waals surface area contributed by atoms with E-state index in [0.29, 0.717) is 11.4 Å². The van der Waals surface area contributed by atoms with Gasteiger partial charge in [0, 0.05) is 18.5 Å². The van der Waals surface area contributed by atoms with E-state index in [9.17, 15) is 9.59 Å². The molecule has 0 aliphatic rings. The minimum Gasteiger partial charge on any atom is -0.336 e. The van der Waals surface area contributed by atoms with E-state index < -0.39 is 0 Å². The zero-order valence-electron chi connectivity index (χ0n) is 14.9. The van der Waals surface area contributed by atoms with Crippen molar-refractivity contribution < 1.29 is 9.59 Å². The van der Waals surface area contributed by atoms with Gasteiger partial charge in [-0.2, -0.15) is 0 Å². The van der Waals surface area contributed by atoms with Crippen molar-refractivity contribution in [2.75, 3.05) is 10.6 Å². The van der Waals surface area contributed by atoms with Crippen molar-refractivity contribution in [2.45, 2.75) is 32.4 Å². The molecule has 0 spiro atoms. The second kappa shape index (κ2) is 10.4. The quantitative estimate of drug-likeness (QED) is 0.619. The third kappa shape index (κ3) is 6.74. The first-order chi connectivity index (χ1) is 12.0. The van der Waals surface area contributed by atoms with Crippen molar-refractivity contribution in [3.05, 3.63) is 60.2 Å². The second-order valence-electron chi connectivity index (χ2n) is 6.07. The van der Waals surface area contributed by atoms with E-state index in [0.717, 1.165) is 5.56 Å². The Morgan fingerprint density at radius 3 is 2.04 bits per heavy atom. The van der Waals surface area contributed by atoms with Gasteiger partial charge in [0.25, 0.3) is 0 Å². The number of nitrogens with one attached hydrogen (secondary N) is 3. The number of carbonyl (C=O) groups is 2. The van der Waals surface area contributed by atoms with Gasteiger partial charge in [-0.25, -0.2) is 4.79 Å². The molecule has 1 atom stereocenters. The number of nitrogens with two attached hydrogens (primary N) is 1. The highest BCUT2D eigenvalue weighted by Crippen LogP contribution is 2.22. The molecule has 26 heavy (non-hydrogen) atoms. The first kappa shape index (κ1) is 21.5. The molecule has 0 saturated heterocycles. The summed E-state index contributed by atoms with van der Waals surface area (Å²) in [5.74, 6) is -0.213. The van der Waals surface area contributed by atoms with Gasteiger partial charge in [0.05, 0.1) is 11.4 Å². The second-order valence-corrected chi connectivity index (χ2v) is 6.07. The number of para-hydroxylation sites is 2. The summed E-state index contributed by atoms with van der Waals surface area (Å²) < 4.78 is 0. The molecule has 2 aromatic carbocycles. The molecule has 5 N–H and O–H groups in total. The molecule has 1 unspecified atom stereocenters. The molecule has 0 radical (unpaired) electrons. The standard InChI is InChI=1S/C19H24N4O2.ClH/c1-13(2)21-19(25)23-17-11-7-6-10-16(17)22-18(24)12-15(20)14-8-4-3-5-9-14;/h3-11,13,15H,12,20H2,1-2H3,(H,22,24)(H2,21,23,25);1H. The summed E-state index contributed by atoms with van der Waals surface area (Å²) >= 11 is 0. The van der Waals surface area contributed by atoms with Crippen LogP contribution in [0, 0.1) is 0 Å². The van der Waals surface area contributed by atoms with Gasteiger partial charge in [0.2, 0.25) is 5.91 Å². The number of halogens is 1. The van der Waals surface area contributed by atoms with Crippen molar-refractivity contribution >= 4 is 35.7 Å². The number of carbonyl (C=O) groups excluding carboxylic acids is 2. The third-order valence-electron chi connectivity index (χ3n) is 3.50. The number of benzene rings is 2. The lowest BCUT2D eigenvalue weighted by atomic mass is 10.0. The summed E-state index contributed by atoms with van der Waals surface area (Å²) in [6.45, 7) is 3.75. The topological polar surface area (TPSA) is 96.2 Å². The fourth-order valence-corrected chi connectivity index (χ4v) is 2.34. The number of urea groups is 1. The zero-order chi connectivity index (χ0) is 18.2. The molecule has 0 aliphatic carbocycles. The summed E-state index contributed by atoms with van der Waals surface area (Å²) in [4.78, 5) is 24.2. The molecule has 6 nitrogen and oxygen atoms in total. The Bertz CT molecular complexity index is 722. The molecule has 2 rings (SSSR count). The Balaban J connectivity index is 0.00000338. The summed E-state index contributed by atoms with van der Waals surface area (Å²) in [6.07, 6.45) is 0.149. The first-order valence-electron chi connectivity index (χ1n) is 8.22. The summed E-state index contributed by atoms with van der Waals surface area (Å²) in [7, 11) is 0. The van der Waals surface area contributed by atoms with Crippen molar-refractivity contribution in [2.24, 2.45) is 5.73 Å². The Labute approximate surface area is 160 Å². The Morgan fingerprint density at radius 2 is 1.46 bits per heavy atom. The molecule has 3 amide bonds. The molecule has 0 fully saturated rings. The minimum absolute atomic E-state index is 0. The predicted octanol–water partition coefficient (Wildman–Crippen LogP) is 3.67. The van der Waals surface area contributed by atoms with Gasteiger partial charge in [-0.05, 0) is 31.5 Å². The van der Waals surface area contributed by atoms with Crippen LogP contribution in [-0.4, -0.2) is 18.0 Å². The number of hydrogen-bond donors (Lipinski definition) is 4. The van der Waals surface area contributed by atoms with Crippen LogP contribution < -0.4 is 21.7 Å². The predicted molar refractivity (Wildman–Crippen MR) is 108 cm³/mol. The van der Waals surface area contributed by atoms with Crippen LogP contribution in [-0.2, 0) is 4.79 Å². The first-order valence-corrected chi connectivity index (χ1v) is 8.22. The lowest BCUT2D eigenvalue weighted by Crippen LogP contribution is -2.34. The van der Waals surface area contributed by atoms with Crippen LogP contribution in [0.1, 0.15) is 31.9 Å². The van der Waals surface area contributed by atoms with Gasteiger partial charge in [-0.15, -0.1) is 12.4 Å². The zero-order valence-corrected chi connectivity index (χ0v) is 15.7. The maximum Gasteiger partial charge on any atom is 0.319 e. The SMILES string of the molecule is CC(C)NC(=O)Nc1ccccc1NC(=O)CC(N)c1ccccc1.Cl. The van der Waals surface area contributed by atoms with Gasteiger partial charge in [0.15, 0.2) is 0 Å². The molecule has 2 aromatic rings. The van der Waals surface area contributed by atoms with E-state index >= 15 is 0 Å². The lowest BCUT2D eigenvalue weighted by molar-refractivity contribution is -0.116. The van der Waals surface area contributed by atoms with E-state index in [1.165, 1.54) is 0 Å². The number of anilines is 2. The van der Waals surface area contributed by atoms with Crippen molar-refractivity contribution in [1.82, 2.24) is 5.32 Å². The molecule has 0 heterocycles. The molecule has 0 aliphatic heterocycles. The summed E-state index contributed by atoms with van der Waals surface area (Å²) in [5, 5.41) is 8.29. The van der Waals surface area contributed by atoms with Gasteiger partial charge in [-0.3, -0.25) is 4.79 Å². The van der Waals surface area contributed by atoms with Crippen LogP contribution in [0.15, 0.2) is 54.6 Å². The summed E-state index contributed by atoms with van der Waals surface area (Å²) in [5.41, 5.74) is 8.05. The fourth-order valence-electron chi connectivity index (χ4n) is 2.34. The largest absolute Gasteiger partial charge is 0.336 e. The van der Waals surface area contributed by atoms with Crippen LogP contribution in [0.5, 0.6) is 0 Å². The van der Waals surface area contributed by atoms with Crippen molar-refractivity contribution in [3.63, 3.8) is 0 Å². The van der Waals surface area contributed by atoms with E-state index in [4.69, 9.17) is 5.73 Å². The Hall–Kier alpha value is -2.57. The van der Waals surface area contributed by atoms with E-state index in [-0.39, 0.29) is 42.8 Å². The van der Waals surface area contributed by atoms with E-state index in [2.05, 4.69) is 16.0 Å². The molecule has 140 valence electrons. The Kier molecular flexibility index (Phi) is 8.61. The fraction of sp³-hybridized carbons (Fsp3) is 0.263. The highest BCUT2D eigenvalue weighted by molar-refractivity contribution is 5.99. The highest BCUT2D eigenvalue weighted by Gasteiger charge is 2.14. The molecule has 0 bridgehead atoms. The van der Waals surface area contributed by atoms with Crippen LogP contribution in [0.4, 0.5) is 16.2 Å². The van der Waals surface area contributed by atoms with Crippen molar-refractivity contribution in [3.8, 4) is 0 Å². The summed E-state index contributed by atoms with van der Waals surface area (Å²) in [6, 6.07) is 15.8. The van der Waals surface area contributed by atoms with Gasteiger partial charge >= 0.3 is 6.03 Å². The average molecular weight is 377 g/mol. The number of amides is 3. The van der Waals surface area contributed by atoms with E-state index in [1.807, 2.05) is 44.2 Å². The highest BCUT2D eigenvalue weighted by atomic mass is 35.5. The minimum atomic E-state index is -0.384. The van der Waals surface area contributed by atoms with Gasteiger partial charge in [0.1, 0.15) is 0 Å². The monoisotopic (exact) mass is 376 g/mol. The van der Waals surface area contributed by atoms with Gasteiger partial charge < -0.3 is 21.7 Å². The molecular weight excluding hydrogens is 352 g/mol. The van der Waals surface area contributed by atoms with Crippen LogP contribution in [0.2, 0.25) is 0 Å². The normalized spacial score (nSPS) is 11.2. The molecular formula is C19H25ClN4O2. The van der Waals surface area contributed by atoms with Gasteiger partial charge in [-0.1, -0.05) is 42.5 Å². The van der Waals surface area contributed by atoms with Crippen molar-refractivity contribution in [1.29, 1.82) is 0 Å². The average Bonchev–Trinajstić information content (AvgIpc) is 2.56. The van der Waals surface area contributed by atoms with Crippen LogP contribution >= 0.6 is 12.4 Å². The third-order valence-corrected chi connectivity index (χ3v) is 3.50. The lowest BCUT2D eigenvalue weighted by Gasteiger charge is -2.16. The smallest absolute Gasteiger partial charge is 0.319 e. The van der Waals surface area contributed by atoms with E-state index in [1.54, 1.807) is 24.3 Å².